The van der Waals surface area contributed by atoms with E-state index < -0.39 is 7.60 Å². The first-order valence-corrected chi connectivity index (χ1v) is 7.94. The average molecular weight is 287 g/mol. The third-order valence-corrected chi connectivity index (χ3v) is 4.42. The minimum absolute atomic E-state index is 0.382. The van der Waals surface area contributed by atoms with Gasteiger partial charge in [0.1, 0.15) is 5.75 Å². The lowest BCUT2D eigenvalue weighted by molar-refractivity contribution is 0.213. The Morgan fingerprint density at radius 3 is 2.16 bits per heavy atom. The van der Waals surface area contributed by atoms with E-state index in [1.54, 1.807) is 18.2 Å². The molecule has 5 nitrogen and oxygen atoms in total. The predicted octanol–water partition coefficient (Wildman–Crippen LogP) is 2.95. The molecule has 0 aliphatic carbocycles. The summed E-state index contributed by atoms with van der Waals surface area (Å²) in [5.74, 6) is 0.543. The highest BCUT2D eigenvalue weighted by atomic mass is 31.2. The summed E-state index contributed by atoms with van der Waals surface area (Å²) in [6, 6.07) is 4.92. The second-order valence-corrected chi connectivity index (χ2v) is 6.12. The van der Waals surface area contributed by atoms with Gasteiger partial charge in [-0.3, -0.25) is 4.57 Å². The van der Waals surface area contributed by atoms with Gasteiger partial charge in [-0.25, -0.2) is 0 Å². The van der Waals surface area contributed by atoms with Gasteiger partial charge in [-0.05, 0) is 31.0 Å². The van der Waals surface area contributed by atoms with Crippen molar-refractivity contribution in [2.75, 3.05) is 26.1 Å². The highest BCUT2D eigenvalue weighted by Gasteiger charge is 2.27. The summed E-state index contributed by atoms with van der Waals surface area (Å²) >= 11 is 0. The van der Waals surface area contributed by atoms with Gasteiger partial charge in [0.25, 0.3) is 0 Å². The van der Waals surface area contributed by atoms with Crippen LogP contribution in [0, 0.1) is 0 Å². The van der Waals surface area contributed by atoms with Gasteiger partial charge in [0.15, 0.2) is 0 Å². The van der Waals surface area contributed by atoms with Crippen molar-refractivity contribution in [3.05, 3.63) is 18.2 Å². The Morgan fingerprint density at radius 1 is 1.16 bits per heavy atom. The van der Waals surface area contributed by atoms with E-state index in [0.29, 0.717) is 30.0 Å². The zero-order valence-electron chi connectivity index (χ0n) is 11.7. The summed E-state index contributed by atoms with van der Waals surface area (Å²) in [5, 5.41) is 0.465. The highest BCUT2D eigenvalue weighted by molar-refractivity contribution is 7.62. The predicted molar refractivity (Wildman–Crippen MR) is 77.1 cm³/mol. The lowest BCUT2D eigenvalue weighted by atomic mass is 10.3. The largest absolute Gasteiger partial charge is 0.495 e. The van der Waals surface area contributed by atoms with E-state index in [1.165, 1.54) is 7.11 Å². The van der Waals surface area contributed by atoms with Gasteiger partial charge in [0.05, 0.1) is 31.3 Å². The fourth-order valence-electron chi connectivity index (χ4n) is 1.50. The number of ether oxygens (including phenoxy) is 1. The first kappa shape index (κ1) is 16.0. The monoisotopic (exact) mass is 287 g/mol. The molecule has 6 heteroatoms. The van der Waals surface area contributed by atoms with Crippen molar-refractivity contribution in [3.8, 4) is 5.75 Å². The molecule has 0 saturated heterocycles. The normalized spacial score (nSPS) is 11.5. The van der Waals surface area contributed by atoms with Crippen LogP contribution in [0.25, 0.3) is 0 Å². The van der Waals surface area contributed by atoms with Crippen LogP contribution in [-0.2, 0) is 13.6 Å². The molecule has 0 unspecified atom stereocenters. The van der Waals surface area contributed by atoms with Gasteiger partial charge >= 0.3 is 7.60 Å². The molecule has 19 heavy (non-hydrogen) atoms. The summed E-state index contributed by atoms with van der Waals surface area (Å²) in [7, 11) is -1.76. The maximum Gasteiger partial charge on any atom is 0.361 e. The summed E-state index contributed by atoms with van der Waals surface area (Å²) in [6.45, 7) is 4.67. The molecule has 0 radical (unpaired) electrons. The number of nitrogen functional groups attached to an aromatic ring is 1. The van der Waals surface area contributed by atoms with Crippen molar-refractivity contribution >= 4 is 18.6 Å². The molecule has 0 amide bonds. The number of methoxy groups -OCH3 is 1. The molecule has 1 aromatic rings. The van der Waals surface area contributed by atoms with Gasteiger partial charge in [-0.2, -0.15) is 0 Å². The topological polar surface area (TPSA) is 70.8 Å². The first-order chi connectivity index (χ1) is 9.07. The number of hydrogen-bond donors (Lipinski definition) is 1. The summed E-state index contributed by atoms with van der Waals surface area (Å²) < 4.78 is 28.7. The molecule has 0 aliphatic rings. The zero-order valence-corrected chi connectivity index (χ0v) is 12.6. The number of anilines is 1. The van der Waals surface area contributed by atoms with Crippen LogP contribution >= 0.6 is 7.60 Å². The second-order valence-electron chi connectivity index (χ2n) is 4.09. The Bertz CT molecular complexity index is 438. The number of nitrogens with two attached hydrogens (primary N) is 1. The Kier molecular flexibility index (Phi) is 6.35. The molecule has 1 aromatic carbocycles. The molecular formula is C13H22NO4P. The van der Waals surface area contributed by atoms with Crippen molar-refractivity contribution in [1.29, 1.82) is 0 Å². The van der Waals surface area contributed by atoms with E-state index in [2.05, 4.69) is 0 Å². The molecule has 2 N–H and O–H groups in total. The van der Waals surface area contributed by atoms with Crippen molar-refractivity contribution in [2.45, 2.75) is 26.7 Å². The number of rotatable bonds is 8. The van der Waals surface area contributed by atoms with Crippen LogP contribution < -0.4 is 15.8 Å². The second kappa shape index (κ2) is 7.53. The molecule has 0 saturated carbocycles. The van der Waals surface area contributed by atoms with Crippen LogP contribution in [-0.4, -0.2) is 20.3 Å². The lowest BCUT2D eigenvalue weighted by Gasteiger charge is -2.19. The Hall–Kier alpha value is -1.03. The van der Waals surface area contributed by atoms with E-state index in [1.807, 2.05) is 13.8 Å². The van der Waals surface area contributed by atoms with Crippen LogP contribution in [0.15, 0.2) is 18.2 Å². The van der Waals surface area contributed by atoms with Crippen molar-refractivity contribution < 1.29 is 18.3 Å². The first-order valence-electron chi connectivity index (χ1n) is 6.40. The molecule has 0 atom stereocenters. The smallest absolute Gasteiger partial charge is 0.361 e. The third kappa shape index (κ3) is 4.23. The molecule has 0 aliphatic heterocycles. The molecule has 0 bridgehead atoms. The van der Waals surface area contributed by atoms with Crippen LogP contribution in [0.3, 0.4) is 0 Å². The lowest BCUT2D eigenvalue weighted by Crippen LogP contribution is -2.12. The minimum Gasteiger partial charge on any atom is -0.495 e. The quantitative estimate of drug-likeness (QED) is 0.588. The zero-order chi connectivity index (χ0) is 14.3. The molecule has 1 rings (SSSR count). The fraction of sp³-hybridized carbons (Fsp3) is 0.538. The Labute approximate surface area is 114 Å². The molecule has 0 spiro atoms. The van der Waals surface area contributed by atoms with Crippen molar-refractivity contribution in [3.63, 3.8) is 0 Å². The van der Waals surface area contributed by atoms with Crippen LogP contribution in [0.2, 0.25) is 0 Å². The molecular weight excluding hydrogens is 265 g/mol. The van der Waals surface area contributed by atoms with Crippen LogP contribution in [0.1, 0.15) is 26.7 Å². The fourth-order valence-corrected chi connectivity index (χ4v) is 3.27. The van der Waals surface area contributed by atoms with Crippen LogP contribution in [0.5, 0.6) is 5.75 Å². The van der Waals surface area contributed by atoms with Crippen molar-refractivity contribution in [2.24, 2.45) is 0 Å². The highest BCUT2D eigenvalue weighted by Crippen LogP contribution is 2.48. The molecule has 0 heterocycles. The Morgan fingerprint density at radius 2 is 1.74 bits per heavy atom. The average Bonchev–Trinajstić information content (AvgIpc) is 2.42. The molecule has 0 fully saturated rings. The summed E-state index contributed by atoms with van der Waals surface area (Å²) in [6.07, 6.45) is 1.54. The Balaban J connectivity index is 3.02. The number of benzene rings is 1. The van der Waals surface area contributed by atoms with Gasteiger partial charge in [-0.15, -0.1) is 0 Å². The van der Waals surface area contributed by atoms with Crippen molar-refractivity contribution in [1.82, 2.24) is 0 Å². The number of hydrogen-bond acceptors (Lipinski definition) is 5. The van der Waals surface area contributed by atoms with Crippen LogP contribution in [0.4, 0.5) is 5.69 Å². The third-order valence-electron chi connectivity index (χ3n) is 2.46. The molecule has 0 aromatic heterocycles. The van der Waals surface area contributed by atoms with Gasteiger partial charge in [-0.1, -0.05) is 13.8 Å². The maximum atomic E-state index is 12.7. The minimum atomic E-state index is -3.30. The van der Waals surface area contributed by atoms with Gasteiger partial charge in [0.2, 0.25) is 0 Å². The standard InChI is InChI=1S/C13H22NO4P/c1-4-8-17-19(15,18-9-5-2)11-6-7-13(16-3)12(14)10-11/h6-7,10H,4-5,8-9,14H2,1-3H3. The SMILES string of the molecule is CCCOP(=O)(OCCC)c1ccc(OC)c(N)c1. The summed E-state index contributed by atoms with van der Waals surface area (Å²) in [4.78, 5) is 0. The maximum absolute atomic E-state index is 12.7. The van der Waals surface area contributed by atoms with Gasteiger partial charge in [0, 0.05) is 0 Å². The van der Waals surface area contributed by atoms with E-state index in [4.69, 9.17) is 19.5 Å². The summed E-state index contributed by atoms with van der Waals surface area (Å²) in [5.41, 5.74) is 6.25. The van der Waals surface area contributed by atoms with E-state index in [0.717, 1.165) is 12.8 Å². The molecule has 108 valence electrons. The van der Waals surface area contributed by atoms with Gasteiger partial charge < -0.3 is 19.5 Å². The van der Waals surface area contributed by atoms with E-state index in [-0.39, 0.29) is 0 Å². The van der Waals surface area contributed by atoms with E-state index >= 15 is 0 Å². The van der Waals surface area contributed by atoms with E-state index in [9.17, 15) is 4.57 Å².